The molecule has 6 heteroatoms. The number of aliphatic hydroxyl groups excluding tert-OH is 1. The van der Waals surface area contributed by atoms with Crippen LogP contribution in [0, 0.1) is 0 Å². The van der Waals surface area contributed by atoms with Gasteiger partial charge in [-0.1, -0.05) is 11.6 Å². The van der Waals surface area contributed by atoms with Crippen molar-refractivity contribution in [3.05, 3.63) is 11.1 Å². The molecule has 5 nitrogen and oxygen atoms in total. The summed E-state index contributed by atoms with van der Waals surface area (Å²) in [6.45, 7) is 0.296. The average molecular weight is 253 g/mol. The minimum absolute atomic E-state index is 0.147. The molecule has 3 atom stereocenters. The maximum atomic E-state index is 9.58. The molecule has 0 unspecified atom stereocenters. The summed E-state index contributed by atoms with van der Waals surface area (Å²) in [4.78, 5) is 0. The number of aliphatic hydroxyl groups is 1. The fraction of sp³-hybridized carbons (Fsp3) is 0.800. The van der Waals surface area contributed by atoms with E-state index in [-0.39, 0.29) is 25.8 Å². The Balaban J connectivity index is 2.56. The molecule has 0 saturated carbocycles. The highest BCUT2D eigenvalue weighted by Crippen LogP contribution is 2.26. The first-order valence-corrected chi connectivity index (χ1v) is 5.33. The molecule has 0 fully saturated rings. The van der Waals surface area contributed by atoms with Crippen LogP contribution in [-0.2, 0) is 18.9 Å². The third-order valence-corrected chi connectivity index (χ3v) is 2.62. The smallest absolute Gasteiger partial charge is 0.147 e. The first-order valence-electron chi connectivity index (χ1n) is 4.95. The zero-order valence-electron chi connectivity index (χ0n) is 9.39. The van der Waals surface area contributed by atoms with Crippen LogP contribution in [0.1, 0.15) is 6.42 Å². The Hall–Kier alpha value is -0.170. The summed E-state index contributed by atoms with van der Waals surface area (Å²) >= 11 is 5.84. The molecule has 16 heavy (non-hydrogen) atoms. The normalized spacial score (nSPS) is 30.2. The molecule has 0 heterocycles. The van der Waals surface area contributed by atoms with Crippen molar-refractivity contribution in [3.8, 4) is 0 Å². The van der Waals surface area contributed by atoms with Gasteiger partial charge < -0.3 is 24.1 Å². The summed E-state index contributed by atoms with van der Waals surface area (Å²) in [5.41, 5.74) is 0. The lowest BCUT2D eigenvalue weighted by molar-refractivity contribution is -0.153. The van der Waals surface area contributed by atoms with Crippen LogP contribution in [0.15, 0.2) is 11.1 Å². The molecule has 1 rings (SSSR count). The fourth-order valence-electron chi connectivity index (χ4n) is 1.46. The summed E-state index contributed by atoms with van der Waals surface area (Å²) in [6, 6.07) is 0. The third kappa shape index (κ3) is 4.01. The topological polar surface area (TPSA) is 57.2 Å². The molecule has 0 saturated heterocycles. The van der Waals surface area contributed by atoms with Gasteiger partial charge in [-0.25, -0.2) is 0 Å². The molecule has 94 valence electrons. The minimum Gasteiger partial charge on any atom is -0.387 e. The van der Waals surface area contributed by atoms with Crippen molar-refractivity contribution in [3.63, 3.8) is 0 Å². The maximum absolute atomic E-state index is 9.58. The van der Waals surface area contributed by atoms with Gasteiger partial charge in [0.25, 0.3) is 0 Å². The highest BCUT2D eigenvalue weighted by atomic mass is 35.5. The molecule has 0 bridgehead atoms. The molecule has 1 aliphatic carbocycles. The zero-order valence-corrected chi connectivity index (χ0v) is 10.1. The van der Waals surface area contributed by atoms with Crippen LogP contribution >= 0.6 is 11.6 Å². The standard InChI is InChI=1S/C10H17ClO5/c1-13-5-15-9-3-7(11)8(12)4-10(9)16-6-14-2/h3,8-10,12H,4-6H2,1-2H3/t8-,9+,10-/m0/s1. The van der Waals surface area contributed by atoms with E-state index in [1.165, 1.54) is 14.2 Å². The van der Waals surface area contributed by atoms with Gasteiger partial charge in [0, 0.05) is 25.7 Å². The molecule has 1 aliphatic rings. The van der Waals surface area contributed by atoms with Crippen LogP contribution in [0.3, 0.4) is 0 Å². The predicted octanol–water partition coefficient (Wildman–Crippen LogP) is 0.852. The van der Waals surface area contributed by atoms with Crippen molar-refractivity contribution in [1.29, 1.82) is 0 Å². The van der Waals surface area contributed by atoms with Crippen molar-refractivity contribution in [2.45, 2.75) is 24.7 Å². The van der Waals surface area contributed by atoms with Gasteiger partial charge in [-0.2, -0.15) is 0 Å². The van der Waals surface area contributed by atoms with E-state index in [2.05, 4.69) is 0 Å². The highest BCUT2D eigenvalue weighted by Gasteiger charge is 2.31. The Labute approximate surface area is 99.9 Å². The van der Waals surface area contributed by atoms with E-state index in [0.29, 0.717) is 11.5 Å². The van der Waals surface area contributed by atoms with Gasteiger partial charge in [-0.3, -0.25) is 0 Å². The number of hydrogen-bond donors (Lipinski definition) is 1. The second kappa shape index (κ2) is 7.21. The van der Waals surface area contributed by atoms with Crippen molar-refractivity contribution in [2.24, 2.45) is 0 Å². The van der Waals surface area contributed by atoms with Crippen LogP contribution in [0.25, 0.3) is 0 Å². The van der Waals surface area contributed by atoms with E-state index in [4.69, 9.17) is 30.5 Å². The van der Waals surface area contributed by atoms with Crippen LogP contribution in [0.4, 0.5) is 0 Å². The van der Waals surface area contributed by atoms with Crippen molar-refractivity contribution in [2.75, 3.05) is 27.8 Å². The first kappa shape index (κ1) is 13.9. The van der Waals surface area contributed by atoms with Gasteiger partial charge in [0.15, 0.2) is 0 Å². The number of rotatable bonds is 6. The fourth-order valence-corrected chi connectivity index (χ4v) is 1.68. The van der Waals surface area contributed by atoms with Gasteiger partial charge in [0.05, 0.1) is 12.2 Å². The molecule has 0 aromatic carbocycles. The maximum Gasteiger partial charge on any atom is 0.147 e. The van der Waals surface area contributed by atoms with Crippen LogP contribution in [-0.4, -0.2) is 51.2 Å². The molecular formula is C10H17ClO5. The summed E-state index contributed by atoms with van der Waals surface area (Å²) in [6.07, 6.45) is 0.701. The second-order valence-corrected chi connectivity index (χ2v) is 3.89. The average Bonchev–Trinajstić information content (AvgIpc) is 2.28. The molecule has 0 aromatic rings. The predicted molar refractivity (Wildman–Crippen MR) is 58.1 cm³/mol. The van der Waals surface area contributed by atoms with Crippen molar-refractivity contribution < 1.29 is 24.1 Å². The lowest BCUT2D eigenvalue weighted by Crippen LogP contribution is -2.38. The highest BCUT2D eigenvalue weighted by molar-refractivity contribution is 6.30. The lowest BCUT2D eigenvalue weighted by Gasteiger charge is -2.30. The summed E-state index contributed by atoms with van der Waals surface area (Å²) in [5.74, 6) is 0. The Bertz CT molecular complexity index is 233. The molecule has 0 spiro atoms. The van der Waals surface area contributed by atoms with E-state index in [1.807, 2.05) is 0 Å². The van der Waals surface area contributed by atoms with Gasteiger partial charge in [0.1, 0.15) is 19.7 Å². The monoisotopic (exact) mass is 252 g/mol. The molecule has 1 N–H and O–H groups in total. The molecule has 0 radical (unpaired) electrons. The molecule has 0 amide bonds. The van der Waals surface area contributed by atoms with E-state index in [9.17, 15) is 5.11 Å². The Morgan fingerprint density at radius 3 is 2.56 bits per heavy atom. The Kier molecular flexibility index (Phi) is 6.26. The van der Waals surface area contributed by atoms with Crippen LogP contribution in [0.5, 0.6) is 0 Å². The first-order chi connectivity index (χ1) is 7.69. The van der Waals surface area contributed by atoms with E-state index in [0.717, 1.165) is 0 Å². The van der Waals surface area contributed by atoms with E-state index < -0.39 is 6.10 Å². The van der Waals surface area contributed by atoms with Gasteiger partial charge >= 0.3 is 0 Å². The molecule has 0 aromatic heterocycles. The quantitative estimate of drug-likeness (QED) is 0.711. The Morgan fingerprint density at radius 2 is 1.94 bits per heavy atom. The zero-order chi connectivity index (χ0) is 12.0. The largest absolute Gasteiger partial charge is 0.387 e. The van der Waals surface area contributed by atoms with Gasteiger partial charge in [-0.05, 0) is 6.08 Å². The van der Waals surface area contributed by atoms with Crippen LogP contribution < -0.4 is 0 Å². The van der Waals surface area contributed by atoms with Gasteiger partial charge in [0.2, 0.25) is 0 Å². The Morgan fingerprint density at radius 1 is 1.31 bits per heavy atom. The lowest BCUT2D eigenvalue weighted by atomic mass is 9.99. The SMILES string of the molecule is COCO[C@H]1C[C@H](O)C(Cl)=C[C@H]1OCOC. The van der Waals surface area contributed by atoms with E-state index >= 15 is 0 Å². The van der Waals surface area contributed by atoms with Crippen molar-refractivity contribution in [1.82, 2.24) is 0 Å². The number of ether oxygens (including phenoxy) is 4. The number of hydrogen-bond acceptors (Lipinski definition) is 5. The van der Waals surface area contributed by atoms with Crippen molar-refractivity contribution >= 4 is 11.6 Å². The number of methoxy groups -OCH3 is 2. The summed E-state index contributed by atoms with van der Waals surface area (Å²) < 4.78 is 20.4. The summed E-state index contributed by atoms with van der Waals surface area (Å²) in [5, 5.41) is 9.96. The van der Waals surface area contributed by atoms with Gasteiger partial charge in [-0.15, -0.1) is 0 Å². The minimum atomic E-state index is -0.703. The number of halogens is 1. The van der Waals surface area contributed by atoms with Crippen LogP contribution in [0.2, 0.25) is 0 Å². The summed E-state index contributed by atoms with van der Waals surface area (Å²) in [7, 11) is 3.07. The molecule has 0 aliphatic heterocycles. The molecular weight excluding hydrogens is 236 g/mol. The second-order valence-electron chi connectivity index (χ2n) is 3.45. The third-order valence-electron chi connectivity index (χ3n) is 2.24. The van der Waals surface area contributed by atoms with E-state index in [1.54, 1.807) is 6.08 Å².